The van der Waals surface area contributed by atoms with E-state index in [9.17, 15) is 21.6 Å². The van der Waals surface area contributed by atoms with Crippen molar-refractivity contribution in [3.8, 4) is 0 Å². The molecule has 2 aliphatic rings. The number of hydrogen-bond donors (Lipinski definition) is 2. The average molecular weight is 588 g/mol. The summed E-state index contributed by atoms with van der Waals surface area (Å²) in [5.41, 5.74) is 0.668. The zero-order chi connectivity index (χ0) is 29.0. The van der Waals surface area contributed by atoms with Crippen LogP contribution in [-0.2, 0) is 14.6 Å². The monoisotopic (exact) mass is 587 g/mol. The van der Waals surface area contributed by atoms with Gasteiger partial charge in [0.1, 0.15) is 17.3 Å². The normalized spacial score (nSPS) is 18.2. The Morgan fingerprint density at radius 3 is 2.38 bits per heavy atom. The summed E-state index contributed by atoms with van der Waals surface area (Å²) >= 11 is 0. The summed E-state index contributed by atoms with van der Waals surface area (Å²) in [4.78, 5) is 10.9. The van der Waals surface area contributed by atoms with Gasteiger partial charge in [-0.1, -0.05) is 0 Å². The van der Waals surface area contributed by atoms with Crippen LogP contribution in [0.15, 0.2) is 23.1 Å². The maximum atomic E-state index is 15.1. The van der Waals surface area contributed by atoms with Gasteiger partial charge in [0.05, 0.1) is 18.0 Å². The smallest absolute Gasteiger partial charge is 0.365 e. The third-order valence-electron chi connectivity index (χ3n) is 6.64. The van der Waals surface area contributed by atoms with Crippen molar-refractivity contribution in [1.29, 1.82) is 0 Å². The van der Waals surface area contributed by atoms with Gasteiger partial charge in [0.25, 0.3) is 0 Å². The zero-order valence-corrected chi connectivity index (χ0v) is 22.5. The summed E-state index contributed by atoms with van der Waals surface area (Å²) in [6.07, 6.45) is -4.33. The van der Waals surface area contributed by atoms with Gasteiger partial charge in [-0.2, -0.15) is 28.2 Å². The number of ether oxygens (including phenoxy) is 1. The van der Waals surface area contributed by atoms with Gasteiger partial charge in [-0.3, -0.25) is 5.10 Å². The van der Waals surface area contributed by atoms with E-state index in [4.69, 9.17) is 4.74 Å². The minimum Gasteiger partial charge on any atom is -0.365 e. The lowest BCUT2D eigenvalue weighted by Gasteiger charge is -2.36. The first-order valence-corrected chi connectivity index (χ1v) is 14.2. The van der Waals surface area contributed by atoms with Crippen molar-refractivity contribution in [2.75, 3.05) is 48.1 Å². The topological polar surface area (TPSA) is 116 Å². The highest BCUT2D eigenvalue weighted by molar-refractivity contribution is 7.90. The third-order valence-corrected chi connectivity index (χ3v) is 7.73. The van der Waals surface area contributed by atoms with Gasteiger partial charge >= 0.3 is 6.18 Å². The van der Waals surface area contributed by atoms with Crippen molar-refractivity contribution < 1.29 is 35.1 Å². The fourth-order valence-corrected chi connectivity index (χ4v) is 5.14. The molecular weight excluding hydrogens is 561 g/mol. The molecule has 0 radical (unpaired) electrons. The number of nitrogens with zero attached hydrogens (tertiary/aromatic N) is 5. The number of alkyl halides is 3. The second-order valence-electron chi connectivity index (χ2n) is 9.86. The summed E-state index contributed by atoms with van der Waals surface area (Å²) in [5, 5.41) is 10.00. The summed E-state index contributed by atoms with van der Waals surface area (Å²) in [6, 6.07) is 3.07. The van der Waals surface area contributed by atoms with E-state index in [0.717, 1.165) is 29.7 Å². The summed E-state index contributed by atoms with van der Waals surface area (Å²) in [6.45, 7) is 1.14. The number of aromatic amines is 1. The van der Waals surface area contributed by atoms with Gasteiger partial charge in [-0.15, -0.1) is 0 Å². The molecule has 10 nitrogen and oxygen atoms in total. The third kappa shape index (κ3) is 5.68. The molecule has 2 fully saturated rings. The minimum atomic E-state index is -4.60. The molecule has 1 aliphatic carbocycles. The lowest BCUT2D eigenvalue weighted by atomic mass is 10.1. The SMILES string of the molecule is Cc1cc(Nc2nc(N(C)c3c(F)cc(S(C)(=O)=O)cc3F)nc(N3CCO[C@@H](C(F)(F)F)C3)c2C2CC2)n[nH]1. The van der Waals surface area contributed by atoms with Crippen molar-refractivity contribution >= 4 is 38.9 Å². The molecule has 0 bridgehead atoms. The Bertz CT molecular complexity index is 1520. The van der Waals surface area contributed by atoms with E-state index < -0.39 is 50.9 Å². The maximum absolute atomic E-state index is 15.1. The highest BCUT2D eigenvalue weighted by Gasteiger charge is 2.45. The molecule has 216 valence electrons. The zero-order valence-electron chi connectivity index (χ0n) is 21.7. The van der Waals surface area contributed by atoms with Crippen LogP contribution in [0.4, 0.5) is 51.0 Å². The number of aromatic nitrogens is 4. The van der Waals surface area contributed by atoms with Crippen LogP contribution in [0.1, 0.15) is 30.0 Å². The van der Waals surface area contributed by atoms with E-state index >= 15 is 8.78 Å². The predicted octanol–water partition coefficient (Wildman–Crippen LogP) is 4.35. The van der Waals surface area contributed by atoms with Crippen molar-refractivity contribution in [3.05, 3.63) is 41.1 Å². The molecule has 0 unspecified atom stereocenters. The van der Waals surface area contributed by atoms with E-state index in [0.29, 0.717) is 23.5 Å². The van der Waals surface area contributed by atoms with E-state index in [1.165, 1.54) is 11.9 Å². The molecule has 1 atom stereocenters. The van der Waals surface area contributed by atoms with E-state index in [2.05, 4.69) is 25.5 Å². The molecule has 3 heterocycles. The Balaban J connectivity index is 1.64. The molecule has 1 saturated carbocycles. The van der Waals surface area contributed by atoms with Gasteiger partial charge in [0.15, 0.2) is 33.4 Å². The number of anilines is 5. The fourth-order valence-electron chi connectivity index (χ4n) is 4.50. The Hall–Kier alpha value is -3.53. The van der Waals surface area contributed by atoms with Crippen molar-refractivity contribution in [1.82, 2.24) is 20.2 Å². The van der Waals surface area contributed by atoms with Crippen LogP contribution < -0.4 is 15.1 Å². The molecule has 40 heavy (non-hydrogen) atoms. The predicted molar refractivity (Wildman–Crippen MR) is 136 cm³/mol. The standard InChI is InChI=1S/C24H26F5N7O3S/c1-12-8-18(34-33-12)30-21-19(13-4-5-13)22(36-6-7-39-17(11-36)24(27,28)29)32-23(31-21)35(2)20-15(25)9-14(10-16(20)26)40(3,37)38/h8-10,13,17H,4-7,11H2,1-3H3,(H2,30,31,32,33,34)/t17-/m1/s1. The average Bonchev–Trinajstić information content (AvgIpc) is 3.62. The fraction of sp³-hybridized carbons (Fsp3) is 0.458. The molecule has 2 N–H and O–H groups in total. The first kappa shape index (κ1) is 28.0. The lowest BCUT2D eigenvalue weighted by molar-refractivity contribution is -0.221. The number of halogens is 5. The van der Waals surface area contributed by atoms with E-state index in [1.54, 1.807) is 13.0 Å². The van der Waals surface area contributed by atoms with Crippen LogP contribution in [0.5, 0.6) is 0 Å². The molecule has 1 aromatic carbocycles. The van der Waals surface area contributed by atoms with Gasteiger partial charge in [-0.25, -0.2) is 17.2 Å². The van der Waals surface area contributed by atoms with Crippen LogP contribution in [-0.4, -0.2) is 73.9 Å². The van der Waals surface area contributed by atoms with Crippen LogP contribution in [0, 0.1) is 18.6 Å². The Labute approximate surface area is 226 Å². The number of rotatable bonds is 7. The second kappa shape index (κ2) is 10.1. The van der Waals surface area contributed by atoms with Gasteiger partial charge in [-0.05, 0) is 37.8 Å². The van der Waals surface area contributed by atoms with Crippen LogP contribution in [0.3, 0.4) is 0 Å². The Morgan fingerprint density at radius 2 is 1.82 bits per heavy atom. The summed E-state index contributed by atoms with van der Waals surface area (Å²) in [7, 11) is -2.63. The quantitative estimate of drug-likeness (QED) is 0.390. The van der Waals surface area contributed by atoms with Crippen molar-refractivity contribution in [2.45, 2.75) is 42.9 Å². The first-order chi connectivity index (χ1) is 18.7. The molecule has 0 amide bonds. The van der Waals surface area contributed by atoms with Crippen LogP contribution in [0.2, 0.25) is 0 Å². The number of morpholine rings is 1. The highest BCUT2D eigenvalue weighted by Crippen LogP contribution is 2.48. The summed E-state index contributed by atoms with van der Waals surface area (Å²) < 4.78 is 99.5. The van der Waals surface area contributed by atoms with Crippen LogP contribution in [0.25, 0.3) is 0 Å². The molecule has 5 rings (SSSR count). The number of nitrogens with one attached hydrogen (secondary N) is 2. The number of H-pyrrole nitrogens is 1. The lowest BCUT2D eigenvalue weighted by Crippen LogP contribution is -2.49. The summed E-state index contributed by atoms with van der Waals surface area (Å²) in [5.74, 6) is -1.85. The maximum Gasteiger partial charge on any atom is 0.416 e. The minimum absolute atomic E-state index is 0.0495. The molecule has 0 spiro atoms. The van der Waals surface area contributed by atoms with Crippen molar-refractivity contribution in [3.63, 3.8) is 0 Å². The Morgan fingerprint density at radius 1 is 1.15 bits per heavy atom. The van der Waals surface area contributed by atoms with Gasteiger partial charge < -0.3 is 19.9 Å². The first-order valence-electron chi connectivity index (χ1n) is 12.3. The molecule has 2 aromatic heterocycles. The van der Waals surface area contributed by atoms with Crippen molar-refractivity contribution in [2.24, 2.45) is 0 Å². The number of sulfone groups is 1. The molecule has 16 heteroatoms. The van der Waals surface area contributed by atoms with Gasteiger partial charge in [0, 0.05) is 37.2 Å². The second-order valence-corrected chi connectivity index (χ2v) is 11.9. The van der Waals surface area contributed by atoms with Gasteiger partial charge in [0.2, 0.25) is 5.95 Å². The largest absolute Gasteiger partial charge is 0.416 e. The van der Waals surface area contributed by atoms with Crippen LogP contribution >= 0.6 is 0 Å². The number of aryl methyl sites for hydroxylation is 1. The molecule has 3 aromatic rings. The molecular formula is C24H26F5N7O3S. The van der Waals surface area contributed by atoms with E-state index in [1.807, 2.05) is 0 Å². The highest BCUT2D eigenvalue weighted by atomic mass is 32.2. The molecule has 1 aliphatic heterocycles. The Kier molecular flexibility index (Phi) is 7.10. The number of hydrogen-bond acceptors (Lipinski definition) is 9. The van der Waals surface area contributed by atoms with E-state index in [-0.39, 0.29) is 36.7 Å². The molecule has 1 saturated heterocycles. The number of benzene rings is 1.